The Morgan fingerprint density at radius 1 is 0.951 bits per heavy atom. The van der Waals surface area contributed by atoms with Gasteiger partial charge in [-0.05, 0) is 36.6 Å². The van der Waals surface area contributed by atoms with Crippen LogP contribution in [-0.4, -0.2) is 47.8 Å². The van der Waals surface area contributed by atoms with E-state index in [1.807, 2.05) is 6.08 Å². The number of hydrogen-bond donors (Lipinski definition) is 0. The average Bonchev–Trinajstić information content (AvgIpc) is 3.29. The third kappa shape index (κ3) is 13.4. The van der Waals surface area contributed by atoms with Crippen molar-refractivity contribution in [3.05, 3.63) is 58.5 Å². The van der Waals surface area contributed by atoms with E-state index in [2.05, 4.69) is 21.8 Å². The van der Waals surface area contributed by atoms with E-state index < -0.39 is 42.7 Å². The first-order valence-corrected chi connectivity index (χ1v) is 14.6. The molecule has 0 aliphatic carbocycles. The SMILES string of the molecule is CCCCCCCCCCCCC/C=C/[C@@H](OC(=O)c1ccccc1)[C@@H](COC(=O)ON1C(=O)CCC1=O)N=[N+]=[N-]. The van der Waals surface area contributed by atoms with E-state index in [1.54, 1.807) is 36.4 Å². The fourth-order valence-corrected chi connectivity index (χ4v) is 4.34. The number of imide groups is 1. The molecule has 1 aromatic rings. The van der Waals surface area contributed by atoms with Gasteiger partial charge in [-0.1, -0.05) is 106 Å². The zero-order chi connectivity index (χ0) is 29.7. The molecule has 1 aliphatic heterocycles. The largest absolute Gasteiger partial charge is 0.533 e. The van der Waals surface area contributed by atoms with E-state index in [0.29, 0.717) is 10.6 Å². The van der Waals surface area contributed by atoms with Crippen LogP contribution in [0.3, 0.4) is 0 Å². The van der Waals surface area contributed by atoms with Gasteiger partial charge in [-0.15, -0.1) is 0 Å². The lowest BCUT2D eigenvalue weighted by Gasteiger charge is -2.21. The minimum absolute atomic E-state index is 0.0606. The summed E-state index contributed by atoms with van der Waals surface area (Å²) in [6, 6.07) is 7.22. The van der Waals surface area contributed by atoms with Gasteiger partial charge in [-0.3, -0.25) is 14.4 Å². The zero-order valence-electron chi connectivity index (χ0n) is 23.9. The fraction of sp³-hybridized carbons (Fsp3) is 0.600. The van der Waals surface area contributed by atoms with E-state index in [0.717, 1.165) is 25.7 Å². The molecule has 0 bridgehead atoms. The molecule has 1 heterocycles. The molecule has 41 heavy (non-hydrogen) atoms. The minimum Gasteiger partial charge on any atom is -0.454 e. The van der Waals surface area contributed by atoms with Crippen LogP contribution in [0.2, 0.25) is 0 Å². The van der Waals surface area contributed by atoms with Crippen molar-refractivity contribution in [2.24, 2.45) is 5.11 Å². The molecule has 2 amide bonds. The zero-order valence-corrected chi connectivity index (χ0v) is 23.9. The number of azide groups is 1. The van der Waals surface area contributed by atoms with Gasteiger partial charge in [0.1, 0.15) is 18.8 Å². The number of carbonyl (C=O) groups excluding carboxylic acids is 4. The predicted octanol–water partition coefficient (Wildman–Crippen LogP) is 7.37. The Morgan fingerprint density at radius 2 is 1.54 bits per heavy atom. The number of benzene rings is 1. The summed E-state index contributed by atoms with van der Waals surface area (Å²) in [5.74, 6) is -1.94. The van der Waals surface area contributed by atoms with E-state index >= 15 is 0 Å². The smallest absolute Gasteiger partial charge is 0.454 e. The fourth-order valence-electron chi connectivity index (χ4n) is 4.34. The Morgan fingerprint density at radius 3 is 2.12 bits per heavy atom. The van der Waals surface area contributed by atoms with E-state index in [4.69, 9.17) is 15.0 Å². The molecular weight excluding hydrogens is 528 g/mol. The van der Waals surface area contributed by atoms with Gasteiger partial charge in [0.2, 0.25) is 0 Å². The second kappa shape index (κ2) is 20.1. The van der Waals surface area contributed by atoms with Crippen LogP contribution in [-0.2, 0) is 23.9 Å². The number of esters is 1. The van der Waals surface area contributed by atoms with Crippen molar-refractivity contribution in [1.82, 2.24) is 5.06 Å². The number of nitrogens with zero attached hydrogens (tertiary/aromatic N) is 4. The molecule has 1 aliphatic rings. The number of hydroxylamine groups is 2. The first-order chi connectivity index (χ1) is 20.0. The molecule has 1 saturated heterocycles. The van der Waals surface area contributed by atoms with Gasteiger partial charge in [0.25, 0.3) is 11.8 Å². The summed E-state index contributed by atoms with van der Waals surface area (Å²) in [4.78, 5) is 55.7. The van der Waals surface area contributed by atoms with Crippen molar-refractivity contribution in [1.29, 1.82) is 0 Å². The predicted molar refractivity (Wildman–Crippen MR) is 152 cm³/mol. The van der Waals surface area contributed by atoms with Crippen molar-refractivity contribution in [2.45, 2.75) is 109 Å². The van der Waals surface area contributed by atoms with Crippen LogP contribution in [0.1, 0.15) is 107 Å². The van der Waals surface area contributed by atoms with Gasteiger partial charge >= 0.3 is 12.1 Å². The van der Waals surface area contributed by atoms with E-state index in [1.165, 1.54) is 51.4 Å². The van der Waals surface area contributed by atoms with Crippen LogP contribution in [0, 0.1) is 0 Å². The normalized spacial score (nSPS) is 14.5. The summed E-state index contributed by atoms with van der Waals surface area (Å²) in [6.45, 7) is 1.72. The van der Waals surface area contributed by atoms with E-state index in [9.17, 15) is 19.2 Å². The molecule has 2 atom stereocenters. The van der Waals surface area contributed by atoms with Gasteiger partial charge < -0.3 is 9.47 Å². The summed E-state index contributed by atoms with van der Waals surface area (Å²) in [7, 11) is 0. The van der Waals surface area contributed by atoms with Crippen LogP contribution in [0.4, 0.5) is 4.79 Å². The minimum atomic E-state index is -1.31. The monoisotopic (exact) mass is 570 g/mol. The third-order valence-corrected chi connectivity index (χ3v) is 6.68. The number of ether oxygens (including phenoxy) is 2. The number of rotatable bonds is 20. The molecule has 0 radical (unpaired) electrons. The summed E-state index contributed by atoms with van der Waals surface area (Å²) in [5.41, 5.74) is 9.42. The van der Waals surface area contributed by atoms with E-state index in [-0.39, 0.29) is 12.8 Å². The van der Waals surface area contributed by atoms with Crippen molar-refractivity contribution >= 4 is 23.9 Å². The van der Waals surface area contributed by atoms with Gasteiger partial charge in [0.05, 0.1) is 5.56 Å². The standard InChI is InChI=1S/C30H42N4O7/c1-2-3-4-5-6-7-8-9-10-11-12-13-17-20-26(40-29(37)24-18-15-14-16-19-24)25(32-33-31)23-39-30(38)41-34-27(35)21-22-28(34)36/h14-20,25-26H,2-13,21-23H2,1H3/b20-17+/t25-,26-/m1/s1. The lowest BCUT2D eigenvalue weighted by Crippen LogP contribution is -2.36. The Hall–Kier alpha value is -3.85. The summed E-state index contributed by atoms with van der Waals surface area (Å²) < 4.78 is 10.6. The molecule has 0 saturated carbocycles. The lowest BCUT2D eigenvalue weighted by molar-refractivity contribution is -0.177. The van der Waals surface area contributed by atoms with Crippen molar-refractivity contribution in [3.63, 3.8) is 0 Å². The van der Waals surface area contributed by atoms with Crippen LogP contribution in [0.5, 0.6) is 0 Å². The maximum Gasteiger partial charge on any atom is 0.533 e. The molecule has 0 spiro atoms. The highest BCUT2D eigenvalue weighted by atomic mass is 16.8. The molecule has 0 aromatic heterocycles. The summed E-state index contributed by atoms with van der Waals surface area (Å²) in [5, 5.41) is 4.01. The molecule has 11 heteroatoms. The summed E-state index contributed by atoms with van der Waals surface area (Å²) in [6.07, 6.45) is 15.3. The lowest BCUT2D eigenvalue weighted by atomic mass is 10.0. The van der Waals surface area contributed by atoms with Crippen molar-refractivity contribution < 1.29 is 33.5 Å². The van der Waals surface area contributed by atoms with Gasteiger partial charge in [-0.25, -0.2) is 9.59 Å². The second-order valence-corrected chi connectivity index (χ2v) is 9.99. The Kier molecular flexibility index (Phi) is 16.3. The Bertz CT molecular complexity index is 1020. The first kappa shape index (κ1) is 33.4. The number of amides is 2. The Labute approximate surface area is 241 Å². The van der Waals surface area contributed by atoms with Crippen LogP contribution in [0.15, 0.2) is 47.6 Å². The van der Waals surface area contributed by atoms with Gasteiger partial charge in [-0.2, -0.15) is 0 Å². The van der Waals surface area contributed by atoms with Gasteiger partial charge in [0, 0.05) is 17.8 Å². The van der Waals surface area contributed by atoms with Crippen LogP contribution in [0.25, 0.3) is 10.4 Å². The quantitative estimate of drug-likeness (QED) is 0.0302. The molecule has 1 fully saturated rings. The highest BCUT2D eigenvalue weighted by Gasteiger charge is 2.34. The molecule has 2 rings (SSSR count). The molecule has 0 N–H and O–H groups in total. The molecule has 0 unspecified atom stereocenters. The molecule has 1 aromatic carbocycles. The average molecular weight is 571 g/mol. The van der Waals surface area contributed by atoms with Crippen molar-refractivity contribution in [3.8, 4) is 0 Å². The molecule has 224 valence electrons. The maximum absolute atomic E-state index is 12.7. The maximum atomic E-state index is 12.7. The van der Waals surface area contributed by atoms with Crippen LogP contribution < -0.4 is 0 Å². The Balaban J connectivity index is 1.87. The highest BCUT2D eigenvalue weighted by molar-refractivity contribution is 6.01. The second-order valence-electron chi connectivity index (χ2n) is 9.99. The third-order valence-electron chi connectivity index (χ3n) is 6.68. The van der Waals surface area contributed by atoms with Crippen molar-refractivity contribution in [2.75, 3.05) is 6.61 Å². The number of allylic oxidation sites excluding steroid dienone is 1. The highest BCUT2D eigenvalue weighted by Crippen LogP contribution is 2.16. The topological polar surface area (TPSA) is 148 Å². The molecular formula is C30H42N4O7. The first-order valence-electron chi connectivity index (χ1n) is 14.6. The number of unbranched alkanes of at least 4 members (excludes halogenated alkanes) is 11. The molecule has 11 nitrogen and oxygen atoms in total. The number of carbonyl (C=O) groups is 4. The van der Waals surface area contributed by atoms with Crippen LogP contribution >= 0.6 is 0 Å². The summed E-state index contributed by atoms with van der Waals surface area (Å²) >= 11 is 0. The number of hydrogen-bond acceptors (Lipinski definition) is 8. The van der Waals surface area contributed by atoms with Gasteiger partial charge in [0.15, 0.2) is 0 Å².